The summed E-state index contributed by atoms with van der Waals surface area (Å²) in [5, 5.41) is 18.3. The Morgan fingerprint density at radius 1 is 1.24 bits per heavy atom. The number of nitrogens with one attached hydrogen (secondary N) is 2. The van der Waals surface area contributed by atoms with Crippen LogP contribution in [-0.4, -0.2) is 43.0 Å². The SMILES string of the molecule is COc1cnc(Cl)cc1-c1cn(C)c(=O)cc1C(=O)Nc1nnc(C#Cc2cc(C)[nH]n2)s1. The van der Waals surface area contributed by atoms with Gasteiger partial charge in [0.25, 0.3) is 11.5 Å². The highest BCUT2D eigenvalue weighted by atomic mass is 35.5. The van der Waals surface area contributed by atoms with Gasteiger partial charge in [0.15, 0.2) is 5.01 Å². The van der Waals surface area contributed by atoms with Gasteiger partial charge in [-0.2, -0.15) is 5.10 Å². The third-order valence-corrected chi connectivity index (χ3v) is 5.43. The number of pyridine rings is 2. The quantitative estimate of drug-likeness (QED) is 0.338. The van der Waals surface area contributed by atoms with Crippen LogP contribution in [0.4, 0.5) is 5.13 Å². The van der Waals surface area contributed by atoms with Crippen molar-refractivity contribution in [2.24, 2.45) is 7.05 Å². The number of anilines is 1. The van der Waals surface area contributed by atoms with Crippen molar-refractivity contribution in [2.45, 2.75) is 6.92 Å². The lowest BCUT2D eigenvalue weighted by atomic mass is 10.0. The van der Waals surface area contributed by atoms with Crippen molar-refractivity contribution >= 4 is 34.0 Å². The minimum Gasteiger partial charge on any atom is -0.494 e. The number of ether oxygens (including phenoxy) is 1. The number of carbonyl (C=O) groups excluding carboxylic acids is 1. The Bertz CT molecular complexity index is 1480. The molecule has 166 valence electrons. The van der Waals surface area contributed by atoms with Gasteiger partial charge in [-0.3, -0.25) is 20.0 Å². The van der Waals surface area contributed by atoms with E-state index in [-0.39, 0.29) is 21.4 Å². The minimum atomic E-state index is -0.545. The van der Waals surface area contributed by atoms with Crippen molar-refractivity contribution < 1.29 is 9.53 Å². The molecular formula is C21H16ClN7O3S. The largest absolute Gasteiger partial charge is 0.494 e. The van der Waals surface area contributed by atoms with Crippen LogP contribution in [-0.2, 0) is 7.05 Å². The monoisotopic (exact) mass is 481 g/mol. The number of halogens is 1. The van der Waals surface area contributed by atoms with Crippen molar-refractivity contribution in [1.82, 2.24) is 29.9 Å². The van der Waals surface area contributed by atoms with Crippen molar-refractivity contribution in [3.05, 3.63) is 68.1 Å². The number of rotatable bonds is 4. The van der Waals surface area contributed by atoms with E-state index in [2.05, 4.69) is 42.5 Å². The second-order valence-electron chi connectivity index (χ2n) is 6.81. The Kier molecular flexibility index (Phi) is 6.21. The van der Waals surface area contributed by atoms with Gasteiger partial charge in [0.1, 0.15) is 16.6 Å². The van der Waals surface area contributed by atoms with E-state index < -0.39 is 5.91 Å². The molecule has 0 aliphatic rings. The molecule has 0 atom stereocenters. The second kappa shape index (κ2) is 9.23. The lowest BCUT2D eigenvalue weighted by Gasteiger charge is -2.13. The first kappa shape index (κ1) is 22.2. The summed E-state index contributed by atoms with van der Waals surface area (Å²) in [6.45, 7) is 1.87. The van der Waals surface area contributed by atoms with Crippen LogP contribution in [0.1, 0.15) is 26.8 Å². The predicted octanol–water partition coefficient (Wildman–Crippen LogP) is 2.64. The molecule has 4 aromatic rings. The molecule has 0 spiro atoms. The number of amides is 1. The van der Waals surface area contributed by atoms with Gasteiger partial charge in [0.2, 0.25) is 5.13 Å². The van der Waals surface area contributed by atoms with E-state index in [1.807, 2.05) is 6.92 Å². The molecule has 4 heterocycles. The van der Waals surface area contributed by atoms with Gasteiger partial charge in [-0.1, -0.05) is 22.9 Å². The Morgan fingerprint density at radius 3 is 2.79 bits per heavy atom. The van der Waals surface area contributed by atoms with Gasteiger partial charge in [-0.25, -0.2) is 4.98 Å². The van der Waals surface area contributed by atoms with Crippen LogP contribution in [0.25, 0.3) is 11.1 Å². The van der Waals surface area contributed by atoms with E-state index in [0.29, 0.717) is 27.6 Å². The first-order valence-corrected chi connectivity index (χ1v) is 10.6. The fourth-order valence-corrected chi connectivity index (χ4v) is 3.66. The lowest BCUT2D eigenvalue weighted by molar-refractivity contribution is 0.102. The average molecular weight is 482 g/mol. The summed E-state index contributed by atoms with van der Waals surface area (Å²) in [4.78, 5) is 29.4. The van der Waals surface area contributed by atoms with Crippen LogP contribution in [0.15, 0.2) is 35.4 Å². The summed E-state index contributed by atoms with van der Waals surface area (Å²) < 4.78 is 6.72. The molecule has 0 aliphatic carbocycles. The summed E-state index contributed by atoms with van der Waals surface area (Å²) in [5.41, 5.74) is 2.17. The van der Waals surface area contributed by atoms with Crippen molar-refractivity contribution in [2.75, 3.05) is 12.4 Å². The first-order valence-electron chi connectivity index (χ1n) is 9.43. The number of aryl methyl sites for hydroxylation is 2. The molecule has 0 aromatic carbocycles. The molecule has 4 aromatic heterocycles. The molecule has 0 radical (unpaired) electrons. The van der Waals surface area contributed by atoms with Crippen LogP contribution in [0, 0.1) is 18.8 Å². The number of aromatic nitrogens is 6. The Hall–Kier alpha value is -4.01. The number of methoxy groups -OCH3 is 1. The molecule has 10 nitrogen and oxygen atoms in total. The van der Waals surface area contributed by atoms with Crippen LogP contribution >= 0.6 is 22.9 Å². The van der Waals surface area contributed by atoms with Crippen LogP contribution in [0.2, 0.25) is 5.15 Å². The molecule has 2 N–H and O–H groups in total. The number of carbonyl (C=O) groups is 1. The average Bonchev–Trinajstić information content (AvgIpc) is 3.42. The highest BCUT2D eigenvalue weighted by Gasteiger charge is 2.20. The summed E-state index contributed by atoms with van der Waals surface area (Å²) in [5.74, 6) is 5.57. The zero-order valence-electron chi connectivity index (χ0n) is 17.6. The number of hydrogen-bond acceptors (Lipinski definition) is 8. The van der Waals surface area contributed by atoms with Gasteiger partial charge >= 0.3 is 0 Å². The third kappa shape index (κ3) is 4.92. The number of H-pyrrole nitrogens is 1. The molecule has 0 fully saturated rings. The maximum absolute atomic E-state index is 13.1. The summed E-state index contributed by atoms with van der Waals surface area (Å²) in [7, 11) is 3.06. The summed E-state index contributed by atoms with van der Waals surface area (Å²) >= 11 is 7.16. The molecule has 4 rings (SSSR count). The van der Waals surface area contributed by atoms with Gasteiger partial charge in [-0.15, -0.1) is 10.2 Å². The smallest absolute Gasteiger partial charge is 0.258 e. The summed E-state index contributed by atoms with van der Waals surface area (Å²) in [6, 6.07) is 4.60. The molecule has 0 saturated heterocycles. The topological polar surface area (TPSA) is 128 Å². The molecule has 0 saturated carbocycles. The fourth-order valence-electron chi connectivity index (χ4n) is 2.91. The van der Waals surface area contributed by atoms with Gasteiger partial charge < -0.3 is 9.30 Å². The van der Waals surface area contributed by atoms with E-state index in [4.69, 9.17) is 16.3 Å². The molecule has 0 bridgehead atoms. The van der Waals surface area contributed by atoms with Crippen LogP contribution in [0.5, 0.6) is 5.75 Å². The molecule has 12 heteroatoms. The maximum Gasteiger partial charge on any atom is 0.258 e. The summed E-state index contributed by atoms with van der Waals surface area (Å²) in [6.07, 6.45) is 2.98. The predicted molar refractivity (Wildman–Crippen MR) is 124 cm³/mol. The van der Waals surface area contributed by atoms with E-state index >= 15 is 0 Å². The molecule has 0 unspecified atom stereocenters. The standard InChI is InChI=1S/C21H16ClN7O3S/c1-11-6-12(26-25-11)4-5-18-27-28-21(33-18)24-20(31)14-8-19(30)29(2)10-15(14)13-7-17(22)23-9-16(13)32-3/h6-10H,1-3H3,(H,25,26)(H,24,28,31). The number of hydrogen-bond donors (Lipinski definition) is 2. The first-order chi connectivity index (χ1) is 15.8. The van der Waals surface area contributed by atoms with Crippen molar-refractivity contribution in [3.63, 3.8) is 0 Å². The zero-order chi connectivity index (χ0) is 23.5. The van der Waals surface area contributed by atoms with Crippen molar-refractivity contribution in [1.29, 1.82) is 0 Å². The third-order valence-electron chi connectivity index (χ3n) is 4.47. The van der Waals surface area contributed by atoms with Crippen molar-refractivity contribution in [3.8, 4) is 28.7 Å². The lowest BCUT2D eigenvalue weighted by Crippen LogP contribution is -2.21. The van der Waals surface area contributed by atoms with Gasteiger partial charge in [0, 0.05) is 36.1 Å². The van der Waals surface area contributed by atoms with Crippen LogP contribution < -0.4 is 15.6 Å². The molecule has 33 heavy (non-hydrogen) atoms. The highest BCUT2D eigenvalue weighted by Crippen LogP contribution is 2.33. The van der Waals surface area contributed by atoms with E-state index in [1.165, 1.54) is 30.1 Å². The van der Waals surface area contributed by atoms with E-state index in [9.17, 15) is 9.59 Å². The van der Waals surface area contributed by atoms with E-state index in [0.717, 1.165) is 17.0 Å². The Morgan fingerprint density at radius 2 is 2.06 bits per heavy atom. The molecular weight excluding hydrogens is 466 g/mol. The molecule has 1 amide bonds. The van der Waals surface area contributed by atoms with Gasteiger partial charge in [0.05, 0.1) is 18.9 Å². The number of nitrogens with zero attached hydrogens (tertiary/aromatic N) is 5. The zero-order valence-corrected chi connectivity index (χ0v) is 19.2. The Labute approximate surface area is 196 Å². The normalized spacial score (nSPS) is 10.4. The number of aromatic amines is 1. The maximum atomic E-state index is 13.1. The molecule has 0 aliphatic heterocycles. The Balaban J connectivity index is 1.65. The van der Waals surface area contributed by atoms with E-state index in [1.54, 1.807) is 19.2 Å². The van der Waals surface area contributed by atoms with Gasteiger partial charge in [-0.05, 0) is 30.9 Å². The highest BCUT2D eigenvalue weighted by molar-refractivity contribution is 7.15. The minimum absolute atomic E-state index is 0.119. The second-order valence-corrected chi connectivity index (χ2v) is 8.17. The fraction of sp³-hybridized carbons (Fsp3) is 0.143. The van der Waals surface area contributed by atoms with Crippen LogP contribution in [0.3, 0.4) is 0 Å².